The molecule has 0 atom stereocenters. The van der Waals surface area contributed by atoms with E-state index in [2.05, 4.69) is 41.4 Å². The molecule has 178 valence electrons. The summed E-state index contributed by atoms with van der Waals surface area (Å²) in [7, 11) is 0. The van der Waals surface area contributed by atoms with Crippen LogP contribution in [0.25, 0.3) is 10.9 Å². The van der Waals surface area contributed by atoms with Crippen LogP contribution in [-0.2, 0) is 11.3 Å². The third kappa shape index (κ3) is 5.35. The first-order chi connectivity index (χ1) is 16.3. The van der Waals surface area contributed by atoms with Crippen molar-refractivity contribution in [2.45, 2.75) is 39.3 Å². The Balaban J connectivity index is 1.59. The first kappa shape index (κ1) is 24.1. The van der Waals surface area contributed by atoms with Crippen LogP contribution < -0.4 is 15.5 Å². The number of amides is 2. The second kappa shape index (κ2) is 10.5. The van der Waals surface area contributed by atoms with Crippen molar-refractivity contribution in [1.82, 2.24) is 20.6 Å². The predicted molar refractivity (Wildman–Crippen MR) is 133 cm³/mol. The van der Waals surface area contributed by atoms with Crippen molar-refractivity contribution in [3.05, 3.63) is 64.3 Å². The molecule has 9 heteroatoms. The molecule has 1 saturated heterocycles. The third-order valence-electron chi connectivity index (χ3n) is 5.95. The number of carbonyl (C=O) groups excluding carboxylic acids is 2. The summed E-state index contributed by atoms with van der Waals surface area (Å²) in [4.78, 5) is 36.6. The van der Waals surface area contributed by atoms with Crippen LogP contribution in [-0.4, -0.2) is 40.9 Å². The van der Waals surface area contributed by atoms with Gasteiger partial charge in [0.25, 0.3) is 5.91 Å². The molecule has 1 aliphatic rings. The second-order valence-electron chi connectivity index (χ2n) is 8.73. The second-order valence-corrected chi connectivity index (χ2v) is 9.48. The van der Waals surface area contributed by atoms with E-state index in [-0.39, 0.29) is 41.8 Å². The van der Waals surface area contributed by atoms with Crippen LogP contribution in [0.3, 0.4) is 0 Å². The maximum absolute atomic E-state index is 13.2. The Morgan fingerprint density at radius 3 is 2.56 bits per heavy atom. The van der Waals surface area contributed by atoms with Crippen LogP contribution in [0.1, 0.15) is 42.7 Å². The van der Waals surface area contributed by atoms with E-state index < -0.39 is 0 Å². The zero-order valence-corrected chi connectivity index (χ0v) is 20.7. The largest absolute Gasteiger partial charge is 0.368 e. The standard InChI is InChI=1S/C25H27BrFN5O2/c1-15(2)24(33)30-18-9-12-32(13-10-18)22-20-19(4-3-11-28-20)23(26)31-21(22)25(34)29-14-16-5-7-17(27)8-6-16/h3-8,11,15,18H,9-10,12-14H2,1-2H3,(H,29,34)(H,30,33). The Bertz CT molecular complexity index is 1190. The van der Waals surface area contributed by atoms with Gasteiger partial charge >= 0.3 is 0 Å². The van der Waals surface area contributed by atoms with Gasteiger partial charge in [0.05, 0.1) is 11.2 Å². The Morgan fingerprint density at radius 1 is 1.18 bits per heavy atom. The van der Waals surface area contributed by atoms with Crippen LogP contribution in [0.15, 0.2) is 47.2 Å². The number of anilines is 1. The van der Waals surface area contributed by atoms with Crippen molar-refractivity contribution in [3.63, 3.8) is 0 Å². The third-order valence-corrected chi connectivity index (χ3v) is 6.56. The van der Waals surface area contributed by atoms with Gasteiger partial charge in [-0.15, -0.1) is 0 Å². The highest BCUT2D eigenvalue weighted by Gasteiger charge is 2.28. The van der Waals surface area contributed by atoms with Gasteiger partial charge in [-0.25, -0.2) is 9.37 Å². The van der Waals surface area contributed by atoms with Crippen LogP contribution >= 0.6 is 15.9 Å². The molecule has 2 N–H and O–H groups in total. The van der Waals surface area contributed by atoms with Crippen molar-refractivity contribution in [3.8, 4) is 0 Å². The molecule has 0 spiro atoms. The van der Waals surface area contributed by atoms with E-state index in [1.165, 1.54) is 12.1 Å². The van der Waals surface area contributed by atoms with E-state index in [1.54, 1.807) is 18.3 Å². The molecule has 1 aromatic carbocycles. The van der Waals surface area contributed by atoms with Crippen molar-refractivity contribution in [1.29, 1.82) is 0 Å². The average molecular weight is 528 g/mol. The van der Waals surface area contributed by atoms with Gasteiger partial charge in [-0.1, -0.05) is 26.0 Å². The predicted octanol–water partition coefficient (Wildman–Crippen LogP) is 4.20. The summed E-state index contributed by atoms with van der Waals surface area (Å²) in [5.41, 5.74) is 2.45. The minimum absolute atomic E-state index is 0.0525. The van der Waals surface area contributed by atoms with Gasteiger partial charge < -0.3 is 15.5 Å². The van der Waals surface area contributed by atoms with Gasteiger partial charge in [0, 0.05) is 43.2 Å². The molecule has 3 heterocycles. The van der Waals surface area contributed by atoms with Crippen LogP contribution in [0.4, 0.5) is 10.1 Å². The number of benzene rings is 1. The SMILES string of the molecule is CC(C)C(=O)NC1CCN(c2c(C(=O)NCc3ccc(F)cc3)nc(Br)c3cccnc23)CC1. The van der Waals surface area contributed by atoms with Crippen molar-refractivity contribution < 1.29 is 14.0 Å². The molecule has 3 aromatic rings. The number of nitrogens with one attached hydrogen (secondary N) is 2. The van der Waals surface area contributed by atoms with E-state index >= 15 is 0 Å². The number of aromatic nitrogens is 2. The highest BCUT2D eigenvalue weighted by Crippen LogP contribution is 2.34. The monoisotopic (exact) mass is 527 g/mol. The molecule has 4 rings (SSSR count). The van der Waals surface area contributed by atoms with E-state index in [9.17, 15) is 14.0 Å². The molecule has 1 fully saturated rings. The number of halogens is 2. The molecule has 0 aliphatic carbocycles. The molecule has 2 aromatic heterocycles. The molecule has 0 saturated carbocycles. The molecule has 0 radical (unpaired) electrons. The fraction of sp³-hybridized carbons (Fsp3) is 0.360. The Hall–Kier alpha value is -3.07. The summed E-state index contributed by atoms with van der Waals surface area (Å²) in [6.07, 6.45) is 3.23. The number of fused-ring (bicyclic) bond motifs is 1. The summed E-state index contributed by atoms with van der Waals surface area (Å²) in [6.45, 7) is 5.34. The number of rotatable bonds is 6. The van der Waals surface area contributed by atoms with Gasteiger partial charge in [0.2, 0.25) is 5.91 Å². The van der Waals surface area contributed by atoms with Gasteiger partial charge in [-0.3, -0.25) is 14.6 Å². The lowest BCUT2D eigenvalue weighted by Gasteiger charge is -2.35. The lowest BCUT2D eigenvalue weighted by atomic mass is 10.0. The summed E-state index contributed by atoms with van der Waals surface area (Å²) in [5, 5.41) is 6.83. The van der Waals surface area contributed by atoms with Crippen molar-refractivity contribution >= 4 is 44.3 Å². The smallest absolute Gasteiger partial charge is 0.272 e. The number of pyridine rings is 2. The normalized spacial score (nSPS) is 14.4. The zero-order chi connectivity index (χ0) is 24.2. The maximum Gasteiger partial charge on any atom is 0.272 e. The van der Waals surface area contributed by atoms with E-state index in [0.717, 1.165) is 23.8 Å². The number of piperidine rings is 1. The molecule has 7 nitrogen and oxygen atoms in total. The molecular weight excluding hydrogens is 501 g/mol. The van der Waals surface area contributed by atoms with Gasteiger partial charge in [-0.05, 0) is 58.6 Å². The molecule has 34 heavy (non-hydrogen) atoms. The number of nitrogens with zero attached hydrogens (tertiary/aromatic N) is 3. The quantitative estimate of drug-likeness (QED) is 0.469. The highest BCUT2D eigenvalue weighted by molar-refractivity contribution is 9.10. The highest BCUT2D eigenvalue weighted by atomic mass is 79.9. The van der Waals surface area contributed by atoms with Crippen LogP contribution in [0.5, 0.6) is 0 Å². The average Bonchev–Trinajstić information content (AvgIpc) is 2.84. The summed E-state index contributed by atoms with van der Waals surface area (Å²) in [6, 6.07) is 9.85. The fourth-order valence-electron chi connectivity index (χ4n) is 4.03. The van der Waals surface area contributed by atoms with Crippen molar-refractivity contribution in [2.75, 3.05) is 18.0 Å². The van der Waals surface area contributed by atoms with E-state index in [4.69, 9.17) is 0 Å². The maximum atomic E-state index is 13.2. The molecular formula is C25H27BrFN5O2. The Labute approximate surface area is 206 Å². The number of carbonyl (C=O) groups is 2. The zero-order valence-electron chi connectivity index (χ0n) is 19.1. The minimum atomic E-state index is -0.331. The van der Waals surface area contributed by atoms with Gasteiger partial charge in [0.15, 0.2) is 5.69 Å². The first-order valence-corrected chi connectivity index (χ1v) is 12.1. The molecule has 1 aliphatic heterocycles. The molecule has 0 unspecified atom stereocenters. The van der Waals surface area contributed by atoms with E-state index in [0.29, 0.717) is 28.9 Å². The van der Waals surface area contributed by atoms with Gasteiger partial charge in [0.1, 0.15) is 10.4 Å². The summed E-state index contributed by atoms with van der Waals surface area (Å²) < 4.78 is 13.7. The van der Waals surface area contributed by atoms with E-state index in [1.807, 2.05) is 26.0 Å². The van der Waals surface area contributed by atoms with Crippen LogP contribution in [0, 0.1) is 11.7 Å². The Kier molecular flexibility index (Phi) is 7.41. The summed E-state index contributed by atoms with van der Waals surface area (Å²) in [5.74, 6) is -0.658. The molecule has 2 amide bonds. The van der Waals surface area contributed by atoms with Crippen LogP contribution in [0.2, 0.25) is 0 Å². The minimum Gasteiger partial charge on any atom is -0.368 e. The fourth-order valence-corrected chi connectivity index (χ4v) is 4.52. The summed E-state index contributed by atoms with van der Waals surface area (Å²) >= 11 is 3.49. The van der Waals surface area contributed by atoms with Gasteiger partial charge in [-0.2, -0.15) is 0 Å². The topological polar surface area (TPSA) is 87.2 Å². The first-order valence-electron chi connectivity index (χ1n) is 11.4. The molecule has 0 bridgehead atoms. The number of hydrogen-bond acceptors (Lipinski definition) is 5. The number of hydrogen-bond donors (Lipinski definition) is 2. The lowest BCUT2D eigenvalue weighted by molar-refractivity contribution is -0.124. The lowest BCUT2D eigenvalue weighted by Crippen LogP contribution is -2.46. The van der Waals surface area contributed by atoms with Crippen molar-refractivity contribution in [2.24, 2.45) is 5.92 Å². The Morgan fingerprint density at radius 2 is 1.88 bits per heavy atom.